The van der Waals surface area contributed by atoms with E-state index < -0.39 is 0 Å². The maximum absolute atomic E-state index is 13.8. The highest BCUT2D eigenvalue weighted by Crippen LogP contribution is 2.26. The molecule has 122 valence electrons. The van der Waals surface area contributed by atoms with Crippen molar-refractivity contribution in [1.29, 1.82) is 5.26 Å². The Balaban J connectivity index is 1.57. The van der Waals surface area contributed by atoms with Gasteiger partial charge in [0.05, 0.1) is 17.3 Å². The summed E-state index contributed by atoms with van der Waals surface area (Å²) in [6.45, 7) is 1.32. The minimum Gasteiger partial charge on any atom is -0.369 e. The highest BCUT2D eigenvalue weighted by Gasteiger charge is 2.26. The van der Waals surface area contributed by atoms with Gasteiger partial charge in [0.25, 0.3) is 0 Å². The molecule has 0 saturated carbocycles. The van der Waals surface area contributed by atoms with Crippen LogP contribution in [0.5, 0.6) is 0 Å². The average Bonchev–Trinajstić information content (AvgIpc) is 2.63. The van der Waals surface area contributed by atoms with Gasteiger partial charge in [0.1, 0.15) is 5.82 Å². The molecule has 1 N–H and O–H groups in total. The lowest BCUT2D eigenvalue weighted by molar-refractivity contribution is -0.120. The monoisotopic (exact) mass is 323 g/mol. The van der Waals surface area contributed by atoms with E-state index in [0.717, 1.165) is 0 Å². The Hall–Kier alpha value is -2.87. The van der Waals surface area contributed by atoms with E-state index in [-0.39, 0.29) is 17.6 Å². The van der Waals surface area contributed by atoms with Gasteiger partial charge in [0, 0.05) is 24.7 Å². The topological polar surface area (TPSA) is 56.1 Å². The van der Waals surface area contributed by atoms with Gasteiger partial charge in [-0.05, 0) is 49.2 Å². The molecule has 1 saturated heterocycles. The van der Waals surface area contributed by atoms with Crippen LogP contribution in [0.2, 0.25) is 0 Å². The Labute approximate surface area is 140 Å². The zero-order valence-corrected chi connectivity index (χ0v) is 13.2. The maximum atomic E-state index is 13.8. The van der Waals surface area contributed by atoms with Gasteiger partial charge >= 0.3 is 0 Å². The second-order valence-corrected chi connectivity index (χ2v) is 5.89. The van der Waals surface area contributed by atoms with Crippen molar-refractivity contribution < 1.29 is 9.18 Å². The van der Waals surface area contributed by atoms with Crippen LogP contribution in [0.1, 0.15) is 18.4 Å². The first-order valence-corrected chi connectivity index (χ1v) is 7.98. The molecule has 0 bridgehead atoms. The van der Waals surface area contributed by atoms with Crippen molar-refractivity contribution >= 4 is 17.3 Å². The first kappa shape index (κ1) is 16.0. The van der Waals surface area contributed by atoms with Crippen LogP contribution in [-0.2, 0) is 4.79 Å². The molecule has 1 amide bonds. The highest BCUT2D eigenvalue weighted by atomic mass is 19.1. The summed E-state index contributed by atoms with van der Waals surface area (Å²) >= 11 is 0. The summed E-state index contributed by atoms with van der Waals surface area (Å²) in [6.07, 6.45) is 1.38. The van der Waals surface area contributed by atoms with E-state index in [9.17, 15) is 9.18 Å². The fourth-order valence-electron chi connectivity index (χ4n) is 2.96. The smallest absolute Gasteiger partial charge is 0.227 e. The molecule has 5 heteroatoms. The molecule has 0 spiro atoms. The molecule has 0 unspecified atom stereocenters. The molecule has 24 heavy (non-hydrogen) atoms. The molecule has 0 atom stereocenters. The van der Waals surface area contributed by atoms with Crippen LogP contribution in [0.15, 0.2) is 48.5 Å². The lowest BCUT2D eigenvalue weighted by atomic mass is 9.95. The molecule has 3 rings (SSSR count). The molecular weight excluding hydrogens is 305 g/mol. The Kier molecular flexibility index (Phi) is 4.76. The van der Waals surface area contributed by atoms with Gasteiger partial charge in [0.15, 0.2) is 0 Å². The first-order chi connectivity index (χ1) is 11.7. The minimum absolute atomic E-state index is 0.0205. The average molecular weight is 323 g/mol. The normalized spacial score (nSPS) is 14.9. The molecule has 1 aliphatic rings. The van der Waals surface area contributed by atoms with Crippen molar-refractivity contribution in [1.82, 2.24) is 0 Å². The quantitative estimate of drug-likeness (QED) is 0.940. The number of hydrogen-bond donors (Lipinski definition) is 1. The SMILES string of the molecule is N#Cc1ccc(NC(=O)C2CCN(c3ccccc3F)CC2)cc1. The number of amides is 1. The number of hydrogen-bond acceptors (Lipinski definition) is 3. The Bertz CT molecular complexity index is 759. The van der Waals surface area contributed by atoms with E-state index in [1.54, 1.807) is 36.4 Å². The molecule has 1 heterocycles. The van der Waals surface area contributed by atoms with Gasteiger partial charge in [-0.1, -0.05) is 12.1 Å². The van der Waals surface area contributed by atoms with Crippen molar-refractivity contribution in [2.75, 3.05) is 23.3 Å². The number of para-hydroxylation sites is 1. The van der Waals surface area contributed by atoms with E-state index in [0.29, 0.717) is 42.9 Å². The Morgan fingerprint density at radius 1 is 1.12 bits per heavy atom. The van der Waals surface area contributed by atoms with E-state index in [4.69, 9.17) is 5.26 Å². The van der Waals surface area contributed by atoms with Gasteiger partial charge in [-0.15, -0.1) is 0 Å². The summed E-state index contributed by atoms with van der Waals surface area (Å²) in [5.41, 5.74) is 1.85. The molecule has 1 fully saturated rings. The predicted octanol–water partition coefficient (Wildman–Crippen LogP) is 3.55. The van der Waals surface area contributed by atoms with Crippen LogP contribution in [0.25, 0.3) is 0 Å². The molecule has 0 radical (unpaired) electrons. The molecule has 0 aromatic heterocycles. The molecular formula is C19H18FN3O. The van der Waals surface area contributed by atoms with E-state index >= 15 is 0 Å². The van der Waals surface area contributed by atoms with Gasteiger partial charge in [-0.2, -0.15) is 5.26 Å². The van der Waals surface area contributed by atoms with Crippen LogP contribution in [0, 0.1) is 23.1 Å². The third-order valence-corrected chi connectivity index (χ3v) is 4.34. The van der Waals surface area contributed by atoms with Gasteiger partial charge in [-0.25, -0.2) is 4.39 Å². The number of nitrogens with one attached hydrogen (secondary N) is 1. The number of nitriles is 1. The van der Waals surface area contributed by atoms with Crippen molar-refractivity contribution in [3.63, 3.8) is 0 Å². The van der Waals surface area contributed by atoms with E-state index in [1.807, 2.05) is 17.0 Å². The van der Waals surface area contributed by atoms with Crippen LogP contribution in [0.3, 0.4) is 0 Å². The number of piperidine rings is 1. The van der Waals surface area contributed by atoms with Crippen LogP contribution < -0.4 is 10.2 Å². The third kappa shape index (κ3) is 3.54. The van der Waals surface area contributed by atoms with Crippen molar-refractivity contribution in [2.24, 2.45) is 5.92 Å². The van der Waals surface area contributed by atoms with Crippen molar-refractivity contribution in [3.05, 3.63) is 59.9 Å². The van der Waals surface area contributed by atoms with Crippen LogP contribution >= 0.6 is 0 Å². The van der Waals surface area contributed by atoms with Gasteiger partial charge < -0.3 is 10.2 Å². The highest BCUT2D eigenvalue weighted by molar-refractivity contribution is 5.92. The number of benzene rings is 2. The summed E-state index contributed by atoms with van der Waals surface area (Å²) < 4.78 is 13.8. The minimum atomic E-state index is -0.224. The standard InChI is InChI=1S/C19H18FN3O/c20-17-3-1-2-4-18(17)23-11-9-15(10-12-23)19(24)22-16-7-5-14(13-21)6-8-16/h1-8,15H,9-12H2,(H,22,24). The Morgan fingerprint density at radius 2 is 1.79 bits per heavy atom. The second kappa shape index (κ2) is 7.14. The number of anilines is 2. The fraction of sp³-hybridized carbons (Fsp3) is 0.263. The summed E-state index contributed by atoms with van der Waals surface area (Å²) in [6, 6.07) is 15.6. The number of nitrogens with zero attached hydrogens (tertiary/aromatic N) is 2. The summed E-state index contributed by atoms with van der Waals surface area (Å²) in [7, 11) is 0. The van der Waals surface area contributed by atoms with Gasteiger partial charge in [0.2, 0.25) is 5.91 Å². The van der Waals surface area contributed by atoms with Gasteiger partial charge in [-0.3, -0.25) is 4.79 Å². The molecule has 2 aromatic carbocycles. The van der Waals surface area contributed by atoms with Crippen molar-refractivity contribution in [2.45, 2.75) is 12.8 Å². The molecule has 4 nitrogen and oxygen atoms in total. The lowest BCUT2D eigenvalue weighted by Crippen LogP contribution is -2.38. The predicted molar refractivity (Wildman–Crippen MR) is 91.1 cm³/mol. The summed E-state index contributed by atoms with van der Waals surface area (Å²) in [4.78, 5) is 14.4. The summed E-state index contributed by atoms with van der Waals surface area (Å²) in [5, 5.41) is 11.7. The Morgan fingerprint density at radius 3 is 2.42 bits per heavy atom. The van der Waals surface area contributed by atoms with Crippen LogP contribution in [0.4, 0.5) is 15.8 Å². The lowest BCUT2D eigenvalue weighted by Gasteiger charge is -2.33. The van der Waals surface area contributed by atoms with Crippen LogP contribution in [-0.4, -0.2) is 19.0 Å². The second-order valence-electron chi connectivity index (χ2n) is 5.89. The molecule has 2 aromatic rings. The fourth-order valence-corrected chi connectivity index (χ4v) is 2.96. The number of carbonyl (C=O) groups is 1. The zero-order valence-electron chi connectivity index (χ0n) is 13.2. The number of halogens is 1. The third-order valence-electron chi connectivity index (χ3n) is 4.34. The maximum Gasteiger partial charge on any atom is 0.227 e. The van der Waals surface area contributed by atoms with E-state index in [1.165, 1.54) is 6.07 Å². The largest absolute Gasteiger partial charge is 0.369 e. The van der Waals surface area contributed by atoms with E-state index in [2.05, 4.69) is 5.32 Å². The molecule has 1 aliphatic heterocycles. The first-order valence-electron chi connectivity index (χ1n) is 7.98. The van der Waals surface area contributed by atoms with Crippen molar-refractivity contribution in [3.8, 4) is 6.07 Å². The number of rotatable bonds is 3. The zero-order chi connectivity index (χ0) is 16.9. The summed E-state index contributed by atoms with van der Waals surface area (Å²) in [5.74, 6) is -0.324. The number of carbonyl (C=O) groups excluding carboxylic acids is 1. The molecule has 0 aliphatic carbocycles.